The number of hydrogen-bond acceptors (Lipinski definition) is 2. The molecule has 3 rings (SSSR count). The van der Waals surface area contributed by atoms with E-state index < -0.39 is 5.60 Å². The van der Waals surface area contributed by atoms with Crippen LogP contribution >= 0.6 is 0 Å². The standard InChI is InChI=1S/C15H20O2/c1-9-12(16)10-7-13(2,3)8-11(10)14(4,17)15(9)5-6-15/h17H,1,5-8H2,2-4H3/t14-/m0/s1. The van der Waals surface area contributed by atoms with Crippen LogP contribution in [-0.2, 0) is 4.79 Å². The third-order valence-electron chi connectivity index (χ3n) is 5.07. The van der Waals surface area contributed by atoms with E-state index >= 15 is 0 Å². The van der Waals surface area contributed by atoms with Gasteiger partial charge in [-0.25, -0.2) is 0 Å². The molecule has 0 heterocycles. The molecule has 3 aliphatic carbocycles. The van der Waals surface area contributed by atoms with E-state index in [2.05, 4.69) is 20.4 Å². The van der Waals surface area contributed by atoms with Crippen molar-refractivity contribution in [1.29, 1.82) is 0 Å². The lowest BCUT2D eigenvalue weighted by atomic mass is 9.67. The van der Waals surface area contributed by atoms with Crippen molar-refractivity contribution in [3.63, 3.8) is 0 Å². The predicted octanol–water partition coefficient (Wildman–Crippen LogP) is 2.77. The highest BCUT2D eigenvalue weighted by Crippen LogP contribution is 2.67. The summed E-state index contributed by atoms with van der Waals surface area (Å²) in [4.78, 5) is 12.4. The van der Waals surface area contributed by atoms with Crippen molar-refractivity contribution >= 4 is 5.78 Å². The van der Waals surface area contributed by atoms with Gasteiger partial charge in [-0.05, 0) is 43.6 Å². The Morgan fingerprint density at radius 1 is 1.18 bits per heavy atom. The van der Waals surface area contributed by atoms with Gasteiger partial charge in [0.2, 0.25) is 0 Å². The molecule has 0 saturated heterocycles. The van der Waals surface area contributed by atoms with Crippen LogP contribution in [-0.4, -0.2) is 16.5 Å². The van der Waals surface area contributed by atoms with E-state index in [9.17, 15) is 9.90 Å². The lowest BCUT2D eigenvalue weighted by molar-refractivity contribution is -0.115. The summed E-state index contributed by atoms with van der Waals surface area (Å²) in [6, 6.07) is 0. The van der Waals surface area contributed by atoms with Crippen LogP contribution in [0, 0.1) is 10.8 Å². The van der Waals surface area contributed by atoms with Crippen LogP contribution in [0.4, 0.5) is 0 Å². The van der Waals surface area contributed by atoms with Gasteiger partial charge in [0, 0.05) is 16.6 Å². The van der Waals surface area contributed by atoms with E-state index in [1.54, 1.807) is 0 Å². The first-order valence-electron chi connectivity index (χ1n) is 6.40. The van der Waals surface area contributed by atoms with Gasteiger partial charge in [-0.2, -0.15) is 0 Å². The molecule has 1 saturated carbocycles. The molecule has 0 aromatic heterocycles. The molecule has 0 aromatic rings. The fourth-order valence-corrected chi connectivity index (χ4v) is 3.81. The van der Waals surface area contributed by atoms with E-state index in [4.69, 9.17) is 0 Å². The minimum absolute atomic E-state index is 0.102. The van der Waals surface area contributed by atoms with E-state index in [-0.39, 0.29) is 16.6 Å². The van der Waals surface area contributed by atoms with E-state index in [1.807, 2.05) is 6.92 Å². The summed E-state index contributed by atoms with van der Waals surface area (Å²) in [6.45, 7) is 10.2. The van der Waals surface area contributed by atoms with E-state index in [0.717, 1.165) is 36.8 Å². The Morgan fingerprint density at radius 3 is 2.29 bits per heavy atom. The molecule has 92 valence electrons. The van der Waals surface area contributed by atoms with Crippen LogP contribution in [0.1, 0.15) is 46.5 Å². The zero-order valence-corrected chi connectivity index (χ0v) is 10.9. The molecule has 17 heavy (non-hydrogen) atoms. The number of rotatable bonds is 0. The molecule has 2 nitrogen and oxygen atoms in total. The van der Waals surface area contributed by atoms with Crippen LogP contribution in [0.5, 0.6) is 0 Å². The number of carbonyl (C=O) groups is 1. The smallest absolute Gasteiger partial charge is 0.185 e. The van der Waals surface area contributed by atoms with Gasteiger partial charge in [0.25, 0.3) is 0 Å². The van der Waals surface area contributed by atoms with Crippen molar-refractivity contribution in [2.45, 2.75) is 52.1 Å². The first kappa shape index (κ1) is 11.2. The predicted molar refractivity (Wildman–Crippen MR) is 66.5 cm³/mol. The Labute approximate surface area is 102 Å². The number of hydrogen-bond donors (Lipinski definition) is 1. The normalized spacial score (nSPS) is 37.6. The number of Topliss-reactive ketones (excluding diaryl/α,β-unsaturated/α-hetero) is 1. The molecule has 1 N–H and O–H groups in total. The Hall–Kier alpha value is -0.890. The zero-order valence-electron chi connectivity index (χ0n) is 10.9. The van der Waals surface area contributed by atoms with Crippen LogP contribution < -0.4 is 0 Å². The zero-order chi connectivity index (χ0) is 12.6. The summed E-state index contributed by atoms with van der Waals surface area (Å²) in [6.07, 6.45) is 3.44. The monoisotopic (exact) mass is 232 g/mol. The van der Waals surface area contributed by atoms with Crippen molar-refractivity contribution in [2.24, 2.45) is 10.8 Å². The number of allylic oxidation sites excluding steroid dienone is 1. The fraction of sp³-hybridized carbons (Fsp3) is 0.667. The maximum Gasteiger partial charge on any atom is 0.185 e. The maximum absolute atomic E-state index is 12.4. The average molecular weight is 232 g/mol. The van der Waals surface area contributed by atoms with Gasteiger partial charge in [-0.15, -0.1) is 0 Å². The molecular weight excluding hydrogens is 212 g/mol. The van der Waals surface area contributed by atoms with Gasteiger partial charge in [0.05, 0.1) is 5.60 Å². The van der Waals surface area contributed by atoms with Crippen molar-refractivity contribution in [2.75, 3.05) is 0 Å². The summed E-state index contributed by atoms with van der Waals surface area (Å²) in [7, 11) is 0. The van der Waals surface area contributed by atoms with Crippen molar-refractivity contribution in [3.05, 3.63) is 23.3 Å². The second kappa shape index (κ2) is 2.74. The summed E-state index contributed by atoms with van der Waals surface area (Å²) in [5.74, 6) is 0.120. The molecule has 0 bridgehead atoms. The first-order chi connectivity index (χ1) is 7.71. The summed E-state index contributed by atoms with van der Waals surface area (Å²) in [5.41, 5.74) is 1.43. The van der Waals surface area contributed by atoms with Crippen LogP contribution in [0.2, 0.25) is 0 Å². The Kier molecular flexibility index (Phi) is 1.81. The topological polar surface area (TPSA) is 37.3 Å². The highest BCUT2D eigenvalue weighted by molar-refractivity contribution is 6.12. The van der Waals surface area contributed by atoms with Gasteiger partial charge in [-0.1, -0.05) is 20.4 Å². The molecule has 2 heteroatoms. The van der Waals surface area contributed by atoms with E-state index in [1.165, 1.54) is 0 Å². The molecule has 0 amide bonds. The molecule has 0 aliphatic heterocycles. The largest absolute Gasteiger partial charge is 0.385 e. The van der Waals surface area contributed by atoms with Gasteiger partial charge in [-0.3, -0.25) is 4.79 Å². The highest BCUT2D eigenvalue weighted by Gasteiger charge is 2.65. The Balaban J connectivity index is 2.16. The second-order valence-corrected chi connectivity index (χ2v) is 6.94. The second-order valence-electron chi connectivity index (χ2n) is 6.94. The lowest BCUT2D eigenvalue weighted by Crippen LogP contribution is -2.45. The number of aliphatic hydroxyl groups is 1. The lowest BCUT2D eigenvalue weighted by Gasteiger charge is -2.40. The van der Waals surface area contributed by atoms with Crippen LogP contribution in [0.15, 0.2) is 23.3 Å². The SMILES string of the molecule is C=C1C(=O)C2=C(CC(C)(C)C2)[C@](C)(O)C12CC2. The minimum Gasteiger partial charge on any atom is -0.385 e. The summed E-state index contributed by atoms with van der Waals surface area (Å²) >= 11 is 0. The van der Waals surface area contributed by atoms with Gasteiger partial charge >= 0.3 is 0 Å². The molecule has 1 fully saturated rings. The molecule has 0 aromatic carbocycles. The quantitative estimate of drug-likeness (QED) is 0.652. The number of carbonyl (C=O) groups excluding carboxylic acids is 1. The molecule has 3 aliphatic rings. The molecule has 1 spiro atoms. The maximum atomic E-state index is 12.4. The third-order valence-corrected chi connectivity index (χ3v) is 5.07. The third kappa shape index (κ3) is 1.17. The van der Waals surface area contributed by atoms with Crippen LogP contribution in [0.25, 0.3) is 0 Å². The van der Waals surface area contributed by atoms with Gasteiger partial charge < -0.3 is 5.11 Å². The van der Waals surface area contributed by atoms with Crippen molar-refractivity contribution in [3.8, 4) is 0 Å². The van der Waals surface area contributed by atoms with Crippen LogP contribution in [0.3, 0.4) is 0 Å². The molecule has 0 radical (unpaired) electrons. The fourth-order valence-electron chi connectivity index (χ4n) is 3.81. The average Bonchev–Trinajstić information content (AvgIpc) is 2.95. The van der Waals surface area contributed by atoms with Gasteiger partial charge in [0.1, 0.15) is 0 Å². The van der Waals surface area contributed by atoms with Crippen molar-refractivity contribution in [1.82, 2.24) is 0 Å². The van der Waals surface area contributed by atoms with E-state index in [0.29, 0.717) is 5.57 Å². The van der Waals surface area contributed by atoms with Crippen molar-refractivity contribution < 1.29 is 9.90 Å². The minimum atomic E-state index is -0.846. The molecular formula is C15H20O2. The number of ketones is 1. The molecule has 0 unspecified atom stereocenters. The summed E-state index contributed by atoms with van der Waals surface area (Å²) < 4.78 is 0. The Morgan fingerprint density at radius 2 is 1.76 bits per heavy atom. The van der Waals surface area contributed by atoms with Gasteiger partial charge in [0.15, 0.2) is 5.78 Å². The first-order valence-corrected chi connectivity index (χ1v) is 6.40. The summed E-state index contributed by atoms with van der Waals surface area (Å²) in [5, 5.41) is 10.9. The Bertz CT molecular complexity index is 473. The highest BCUT2D eigenvalue weighted by atomic mass is 16.3. The molecule has 1 atom stereocenters.